The van der Waals surface area contributed by atoms with Crippen LogP contribution in [0.5, 0.6) is 5.75 Å². The summed E-state index contributed by atoms with van der Waals surface area (Å²) in [6.45, 7) is 2.47. The van der Waals surface area contributed by atoms with E-state index >= 15 is 0 Å². The van der Waals surface area contributed by atoms with Crippen LogP contribution >= 0.6 is 0 Å². The minimum atomic E-state index is 0.722. The van der Waals surface area contributed by atoms with E-state index in [1.165, 1.54) is 16.3 Å². The summed E-state index contributed by atoms with van der Waals surface area (Å²) in [6, 6.07) is 12.5. The fraction of sp³-hybridized carbons (Fsp3) is 0.333. The largest absolute Gasteiger partial charge is 0.496 e. The number of rotatable bonds is 6. The molecule has 0 aliphatic carbocycles. The average Bonchev–Trinajstić information content (AvgIpc) is 2.43. The van der Waals surface area contributed by atoms with Crippen molar-refractivity contribution in [2.75, 3.05) is 20.2 Å². The summed E-state index contributed by atoms with van der Waals surface area (Å²) in [5.41, 5.74) is 6.71. The zero-order chi connectivity index (χ0) is 12.8. The summed E-state index contributed by atoms with van der Waals surface area (Å²) in [4.78, 5) is 0. The topological polar surface area (TPSA) is 47.3 Å². The first kappa shape index (κ1) is 12.9. The third-order valence-corrected chi connectivity index (χ3v) is 3.08. The van der Waals surface area contributed by atoms with E-state index in [9.17, 15) is 0 Å². The molecule has 0 saturated heterocycles. The maximum atomic E-state index is 5.49. The molecule has 0 fully saturated rings. The van der Waals surface area contributed by atoms with Crippen LogP contribution in [0.1, 0.15) is 12.0 Å². The third-order valence-electron chi connectivity index (χ3n) is 3.08. The third kappa shape index (κ3) is 2.81. The van der Waals surface area contributed by atoms with Crippen molar-refractivity contribution in [3.05, 3.63) is 42.0 Å². The highest BCUT2D eigenvalue weighted by Gasteiger charge is 2.07. The van der Waals surface area contributed by atoms with Crippen molar-refractivity contribution in [3.8, 4) is 5.75 Å². The number of nitrogens with one attached hydrogen (secondary N) is 1. The Labute approximate surface area is 108 Å². The predicted octanol–water partition coefficient (Wildman–Crippen LogP) is 2.29. The lowest BCUT2D eigenvalue weighted by molar-refractivity contribution is 0.408. The second-order valence-corrected chi connectivity index (χ2v) is 4.29. The van der Waals surface area contributed by atoms with E-state index in [4.69, 9.17) is 10.5 Å². The normalized spacial score (nSPS) is 10.8. The first-order chi connectivity index (χ1) is 8.86. The maximum Gasteiger partial charge on any atom is 0.123 e. The lowest BCUT2D eigenvalue weighted by atomic mass is 10.0. The Hall–Kier alpha value is -1.58. The molecule has 96 valence electrons. The van der Waals surface area contributed by atoms with E-state index in [1.54, 1.807) is 7.11 Å². The Morgan fingerprint density at radius 1 is 1.17 bits per heavy atom. The Balaban J connectivity index is 2.27. The lowest BCUT2D eigenvalue weighted by Gasteiger charge is -2.12. The van der Waals surface area contributed by atoms with Crippen LogP contribution in [0.2, 0.25) is 0 Å². The van der Waals surface area contributed by atoms with Gasteiger partial charge < -0.3 is 15.8 Å². The molecule has 0 heterocycles. The Bertz CT molecular complexity index is 511. The molecule has 3 nitrogen and oxygen atoms in total. The molecule has 0 unspecified atom stereocenters. The number of ether oxygens (including phenoxy) is 1. The van der Waals surface area contributed by atoms with Crippen LogP contribution in [0, 0.1) is 0 Å². The zero-order valence-electron chi connectivity index (χ0n) is 10.8. The van der Waals surface area contributed by atoms with E-state index in [0.29, 0.717) is 0 Å². The van der Waals surface area contributed by atoms with Crippen molar-refractivity contribution < 1.29 is 4.74 Å². The van der Waals surface area contributed by atoms with E-state index in [-0.39, 0.29) is 0 Å². The van der Waals surface area contributed by atoms with Gasteiger partial charge in [-0.15, -0.1) is 0 Å². The van der Waals surface area contributed by atoms with Crippen molar-refractivity contribution in [2.45, 2.75) is 13.0 Å². The molecular weight excluding hydrogens is 224 g/mol. The van der Waals surface area contributed by atoms with Crippen LogP contribution in [-0.4, -0.2) is 20.2 Å². The summed E-state index contributed by atoms with van der Waals surface area (Å²) in [7, 11) is 1.72. The van der Waals surface area contributed by atoms with Gasteiger partial charge in [-0.05, 0) is 36.3 Å². The van der Waals surface area contributed by atoms with Crippen molar-refractivity contribution in [3.63, 3.8) is 0 Å². The quantitative estimate of drug-likeness (QED) is 0.766. The van der Waals surface area contributed by atoms with Gasteiger partial charge in [0.05, 0.1) is 7.11 Å². The second kappa shape index (κ2) is 6.38. The highest BCUT2D eigenvalue weighted by Crippen LogP contribution is 2.27. The van der Waals surface area contributed by atoms with Crippen LogP contribution in [0.3, 0.4) is 0 Å². The van der Waals surface area contributed by atoms with Crippen LogP contribution in [0.25, 0.3) is 10.8 Å². The van der Waals surface area contributed by atoms with Crippen LogP contribution < -0.4 is 15.8 Å². The minimum absolute atomic E-state index is 0.722. The molecular formula is C15H20N2O. The lowest BCUT2D eigenvalue weighted by Crippen LogP contribution is -2.18. The van der Waals surface area contributed by atoms with Gasteiger partial charge in [0.15, 0.2) is 0 Å². The van der Waals surface area contributed by atoms with Gasteiger partial charge in [-0.3, -0.25) is 0 Å². The second-order valence-electron chi connectivity index (χ2n) is 4.29. The number of nitrogens with two attached hydrogens (primary N) is 1. The van der Waals surface area contributed by atoms with Gasteiger partial charge in [-0.1, -0.05) is 30.3 Å². The van der Waals surface area contributed by atoms with E-state index in [1.807, 2.05) is 6.07 Å². The van der Waals surface area contributed by atoms with Gasteiger partial charge in [-0.2, -0.15) is 0 Å². The van der Waals surface area contributed by atoms with Gasteiger partial charge in [0.1, 0.15) is 5.75 Å². The van der Waals surface area contributed by atoms with Gasteiger partial charge >= 0.3 is 0 Å². The summed E-state index contributed by atoms with van der Waals surface area (Å²) >= 11 is 0. The molecule has 2 aromatic rings. The summed E-state index contributed by atoms with van der Waals surface area (Å²) in [6.07, 6.45) is 0.993. The fourth-order valence-electron chi connectivity index (χ4n) is 2.13. The molecule has 18 heavy (non-hydrogen) atoms. The first-order valence-corrected chi connectivity index (χ1v) is 6.32. The molecule has 2 aromatic carbocycles. The number of hydrogen-bond acceptors (Lipinski definition) is 3. The molecule has 0 amide bonds. The first-order valence-electron chi connectivity index (χ1n) is 6.32. The fourth-order valence-corrected chi connectivity index (χ4v) is 2.13. The van der Waals surface area contributed by atoms with E-state index in [2.05, 4.69) is 35.6 Å². The van der Waals surface area contributed by atoms with Crippen molar-refractivity contribution in [1.29, 1.82) is 0 Å². The van der Waals surface area contributed by atoms with Gasteiger partial charge in [0.2, 0.25) is 0 Å². The molecule has 0 radical (unpaired) electrons. The number of hydrogen-bond donors (Lipinski definition) is 2. The number of fused-ring (bicyclic) bond motifs is 1. The standard InChI is InChI=1S/C15H20N2O/c1-18-15-8-7-12-5-2-3-6-13(12)14(15)11-17-10-4-9-16/h2-3,5-8,17H,4,9-11,16H2,1H3. The minimum Gasteiger partial charge on any atom is -0.496 e. The molecule has 0 atom stereocenters. The molecule has 0 bridgehead atoms. The average molecular weight is 244 g/mol. The van der Waals surface area contributed by atoms with Crippen LogP contribution in [0.4, 0.5) is 0 Å². The maximum absolute atomic E-state index is 5.49. The van der Waals surface area contributed by atoms with Crippen LogP contribution in [0.15, 0.2) is 36.4 Å². The highest BCUT2D eigenvalue weighted by atomic mass is 16.5. The van der Waals surface area contributed by atoms with Gasteiger partial charge in [0, 0.05) is 12.1 Å². The predicted molar refractivity (Wildman–Crippen MR) is 75.9 cm³/mol. The molecule has 0 saturated carbocycles. The Morgan fingerprint density at radius 3 is 2.78 bits per heavy atom. The Kier molecular flexibility index (Phi) is 4.56. The molecule has 3 N–H and O–H groups in total. The van der Waals surface area contributed by atoms with Crippen molar-refractivity contribution in [1.82, 2.24) is 5.32 Å². The van der Waals surface area contributed by atoms with E-state index in [0.717, 1.165) is 31.8 Å². The SMILES string of the molecule is COc1ccc2ccccc2c1CNCCCN. The molecule has 0 spiro atoms. The van der Waals surface area contributed by atoms with Crippen molar-refractivity contribution in [2.24, 2.45) is 5.73 Å². The number of benzene rings is 2. The monoisotopic (exact) mass is 244 g/mol. The van der Waals surface area contributed by atoms with Crippen LogP contribution in [-0.2, 0) is 6.54 Å². The summed E-state index contributed by atoms with van der Waals surface area (Å²) < 4.78 is 5.45. The molecule has 0 aromatic heterocycles. The van der Waals surface area contributed by atoms with Gasteiger partial charge in [0.25, 0.3) is 0 Å². The van der Waals surface area contributed by atoms with Crippen molar-refractivity contribution >= 4 is 10.8 Å². The zero-order valence-corrected chi connectivity index (χ0v) is 10.8. The van der Waals surface area contributed by atoms with E-state index < -0.39 is 0 Å². The molecule has 0 aliphatic heterocycles. The molecule has 3 heteroatoms. The Morgan fingerprint density at radius 2 is 2.00 bits per heavy atom. The smallest absolute Gasteiger partial charge is 0.123 e. The highest BCUT2D eigenvalue weighted by molar-refractivity contribution is 5.87. The summed E-state index contributed by atoms with van der Waals surface area (Å²) in [5.74, 6) is 0.939. The van der Waals surface area contributed by atoms with Gasteiger partial charge in [-0.25, -0.2) is 0 Å². The number of methoxy groups -OCH3 is 1. The molecule has 0 aliphatic rings. The summed E-state index contributed by atoms with van der Waals surface area (Å²) in [5, 5.41) is 5.90. The molecule has 2 rings (SSSR count).